The highest BCUT2D eigenvalue weighted by Gasteiger charge is 2.42. The fourth-order valence-corrected chi connectivity index (χ4v) is 2.29. The monoisotopic (exact) mass is 301 g/mol. The molecule has 0 fully saturated rings. The van der Waals surface area contributed by atoms with Crippen molar-refractivity contribution in [1.82, 2.24) is 4.90 Å². The van der Waals surface area contributed by atoms with E-state index in [9.17, 15) is 19.1 Å². The number of halogens is 2. The summed E-state index contributed by atoms with van der Waals surface area (Å²) in [6, 6.07) is 3.68. The van der Waals surface area contributed by atoms with Crippen LogP contribution in [0.15, 0.2) is 18.2 Å². The minimum absolute atomic E-state index is 0.171. The molecule has 0 aromatic heterocycles. The molecule has 110 valence electrons. The molecule has 0 aliphatic carbocycles. The summed E-state index contributed by atoms with van der Waals surface area (Å²) >= 11 is 5.71. The molecule has 1 aromatic rings. The molecular weight excluding hydrogens is 285 g/mol. The van der Waals surface area contributed by atoms with Gasteiger partial charge >= 0.3 is 5.97 Å². The third-order valence-electron chi connectivity index (χ3n) is 3.27. The smallest absolute Gasteiger partial charge is 0.334 e. The highest BCUT2D eigenvalue weighted by Crippen LogP contribution is 2.31. The van der Waals surface area contributed by atoms with E-state index in [2.05, 4.69) is 0 Å². The SMILES string of the molecule is CCCN(C(C)=O)C(C)(C(=O)O)c1ccc(F)c(Cl)c1. The maximum Gasteiger partial charge on any atom is 0.334 e. The van der Waals surface area contributed by atoms with Crippen LogP contribution in [0.25, 0.3) is 0 Å². The summed E-state index contributed by atoms with van der Waals surface area (Å²) in [5, 5.41) is 9.39. The van der Waals surface area contributed by atoms with Crippen molar-refractivity contribution in [3.05, 3.63) is 34.6 Å². The molecule has 0 aliphatic heterocycles. The number of hydrogen-bond acceptors (Lipinski definition) is 2. The van der Waals surface area contributed by atoms with E-state index in [4.69, 9.17) is 11.6 Å². The molecule has 0 spiro atoms. The second kappa shape index (κ2) is 6.22. The van der Waals surface area contributed by atoms with E-state index in [0.29, 0.717) is 6.42 Å². The fourth-order valence-electron chi connectivity index (χ4n) is 2.11. The summed E-state index contributed by atoms with van der Waals surface area (Å²) < 4.78 is 13.2. The molecule has 20 heavy (non-hydrogen) atoms. The van der Waals surface area contributed by atoms with Crippen LogP contribution in [0, 0.1) is 5.82 Å². The Morgan fingerprint density at radius 1 is 1.45 bits per heavy atom. The molecule has 0 radical (unpaired) electrons. The largest absolute Gasteiger partial charge is 0.479 e. The van der Waals surface area contributed by atoms with Gasteiger partial charge in [-0.2, -0.15) is 0 Å². The molecule has 6 heteroatoms. The summed E-state index contributed by atoms with van der Waals surface area (Å²) in [5.74, 6) is -2.19. The number of aliphatic carboxylic acids is 1. The van der Waals surface area contributed by atoms with Crippen molar-refractivity contribution >= 4 is 23.5 Å². The van der Waals surface area contributed by atoms with Crippen LogP contribution in [-0.2, 0) is 15.1 Å². The highest BCUT2D eigenvalue weighted by molar-refractivity contribution is 6.30. The number of carboxylic acid groups (broad SMARTS) is 1. The number of carbonyl (C=O) groups excluding carboxylic acids is 1. The van der Waals surface area contributed by atoms with Gasteiger partial charge in [0.1, 0.15) is 5.82 Å². The number of amides is 1. The Bertz CT molecular complexity index is 535. The van der Waals surface area contributed by atoms with Crippen LogP contribution in [0.2, 0.25) is 5.02 Å². The number of rotatable bonds is 5. The lowest BCUT2D eigenvalue weighted by Crippen LogP contribution is -2.52. The normalized spacial score (nSPS) is 13.7. The van der Waals surface area contributed by atoms with E-state index in [1.54, 1.807) is 0 Å². The van der Waals surface area contributed by atoms with E-state index in [1.807, 2.05) is 6.92 Å². The topological polar surface area (TPSA) is 57.6 Å². The summed E-state index contributed by atoms with van der Waals surface area (Å²) in [4.78, 5) is 24.7. The summed E-state index contributed by atoms with van der Waals surface area (Å²) in [5.41, 5.74) is -1.32. The second-order valence-electron chi connectivity index (χ2n) is 4.68. The van der Waals surface area contributed by atoms with Gasteiger partial charge in [-0.3, -0.25) is 4.79 Å². The van der Waals surface area contributed by atoms with Gasteiger partial charge < -0.3 is 10.0 Å². The average molecular weight is 302 g/mol. The van der Waals surface area contributed by atoms with Crippen LogP contribution in [0.4, 0.5) is 4.39 Å². The third kappa shape index (κ3) is 2.93. The highest BCUT2D eigenvalue weighted by atomic mass is 35.5. The lowest BCUT2D eigenvalue weighted by atomic mass is 9.89. The Morgan fingerprint density at radius 3 is 2.45 bits per heavy atom. The number of carboxylic acids is 1. The van der Waals surface area contributed by atoms with Crippen molar-refractivity contribution in [3.8, 4) is 0 Å². The van der Waals surface area contributed by atoms with E-state index < -0.39 is 17.3 Å². The summed E-state index contributed by atoms with van der Waals surface area (Å²) in [6.45, 7) is 4.85. The van der Waals surface area contributed by atoms with Gasteiger partial charge in [0.2, 0.25) is 5.91 Å². The molecule has 1 rings (SSSR count). The van der Waals surface area contributed by atoms with Crippen molar-refractivity contribution in [3.63, 3.8) is 0 Å². The molecule has 0 heterocycles. The number of hydrogen-bond donors (Lipinski definition) is 1. The minimum atomic E-state index is -1.58. The Labute approximate surface area is 122 Å². The molecule has 1 atom stereocenters. The first-order chi connectivity index (χ1) is 9.25. The first-order valence-electron chi connectivity index (χ1n) is 6.22. The van der Waals surface area contributed by atoms with E-state index in [-0.39, 0.29) is 23.0 Å². The Hall–Kier alpha value is -1.62. The molecule has 1 unspecified atom stereocenters. The minimum Gasteiger partial charge on any atom is -0.479 e. The zero-order valence-corrected chi connectivity index (χ0v) is 12.4. The van der Waals surface area contributed by atoms with Crippen LogP contribution in [-0.4, -0.2) is 28.4 Å². The maximum atomic E-state index is 13.2. The predicted octanol–water partition coefficient (Wildman–Crippen LogP) is 3.04. The van der Waals surface area contributed by atoms with Crippen LogP contribution < -0.4 is 0 Å². The number of carbonyl (C=O) groups is 2. The van der Waals surface area contributed by atoms with Crippen LogP contribution in [0.3, 0.4) is 0 Å². The van der Waals surface area contributed by atoms with Crippen LogP contribution >= 0.6 is 11.6 Å². The van der Waals surface area contributed by atoms with Crippen molar-refractivity contribution in [2.75, 3.05) is 6.54 Å². The molecule has 0 saturated heterocycles. The first kappa shape index (κ1) is 16.4. The Kier molecular flexibility index (Phi) is 5.11. The van der Waals surface area contributed by atoms with Gasteiger partial charge in [-0.05, 0) is 31.0 Å². The van der Waals surface area contributed by atoms with Crippen molar-refractivity contribution < 1.29 is 19.1 Å². The number of benzene rings is 1. The maximum absolute atomic E-state index is 13.2. The van der Waals surface area contributed by atoms with E-state index in [1.165, 1.54) is 30.9 Å². The summed E-state index contributed by atoms with van der Waals surface area (Å²) in [7, 11) is 0. The Morgan fingerprint density at radius 2 is 2.05 bits per heavy atom. The van der Waals surface area contributed by atoms with Crippen molar-refractivity contribution in [2.24, 2.45) is 0 Å². The zero-order valence-electron chi connectivity index (χ0n) is 11.6. The van der Waals surface area contributed by atoms with Crippen LogP contribution in [0.1, 0.15) is 32.8 Å². The predicted molar refractivity (Wildman–Crippen MR) is 74.1 cm³/mol. The zero-order chi connectivity index (χ0) is 15.5. The standard InChI is InChI=1S/C14H17ClFNO3/c1-4-7-17(9(2)18)14(3,13(19)20)10-5-6-12(16)11(15)8-10/h5-6,8H,4,7H2,1-3H3,(H,19,20). The van der Waals surface area contributed by atoms with Gasteiger partial charge in [0.25, 0.3) is 0 Å². The first-order valence-corrected chi connectivity index (χ1v) is 6.60. The van der Waals surface area contributed by atoms with Gasteiger partial charge in [0.05, 0.1) is 5.02 Å². The van der Waals surface area contributed by atoms with E-state index >= 15 is 0 Å². The van der Waals surface area contributed by atoms with Gasteiger partial charge in [-0.1, -0.05) is 24.6 Å². The molecule has 4 nitrogen and oxygen atoms in total. The second-order valence-corrected chi connectivity index (χ2v) is 5.08. The van der Waals surface area contributed by atoms with Gasteiger partial charge in [0.15, 0.2) is 5.54 Å². The lowest BCUT2D eigenvalue weighted by Gasteiger charge is -2.37. The third-order valence-corrected chi connectivity index (χ3v) is 3.55. The average Bonchev–Trinajstić information content (AvgIpc) is 2.37. The molecule has 0 bridgehead atoms. The van der Waals surface area contributed by atoms with Crippen molar-refractivity contribution in [1.29, 1.82) is 0 Å². The van der Waals surface area contributed by atoms with Crippen molar-refractivity contribution in [2.45, 2.75) is 32.7 Å². The van der Waals surface area contributed by atoms with Crippen LogP contribution in [0.5, 0.6) is 0 Å². The molecular formula is C14H17ClFNO3. The lowest BCUT2D eigenvalue weighted by molar-refractivity contribution is -0.158. The quantitative estimate of drug-likeness (QED) is 0.909. The van der Waals surface area contributed by atoms with Gasteiger partial charge in [-0.15, -0.1) is 0 Å². The fraction of sp³-hybridized carbons (Fsp3) is 0.429. The molecule has 1 N–H and O–H groups in total. The molecule has 0 saturated carbocycles. The van der Waals surface area contributed by atoms with Gasteiger partial charge in [0, 0.05) is 13.5 Å². The molecule has 1 aromatic carbocycles. The molecule has 1 amide bonds. The molecule has 0 aliphatic rings. The summed E-state index contributed by atoms with van der Waals surface area (Å²) in [6.07, 6.45) is 0.609. The Balaban J connectivity index is 3.43. The van der Waals surface area contributed by atoms with Gasteiger partial charge in [-0.25, -0.2) is 9.18 Å². The van der Waals surface area contributed by atoms with E-state index in [0.717, 1.165) is 6.07 Å². The number of nitrogens with zero attached hydrogens (tertiary/aromatic N) is 1.